The summed E-state index contributed by atoms with van der Waals surface area (Å²) in [6.07, 6.45) is 3.43. The lowest BCUT2D eigenvalue weighted by molar-refractivity contribution is -0.119. The number of ether oxygens (including phenoxy) is 2. The Labute approximate surface area is 196 Å². The third kappa shape index (κ3) is 7.53. The maximum atomic E-state index is 12.3. The number of rotatable bonds is 11. The maximum Gasteiger partial charge on any atom is 0.235 e. The molecule has 174 valence electrons. The van der Waals surface area contributed by atoms with Crippen LogP contribution in [0.2, 0.25) is 0 Å². The summed E-state index contributed by atoms with van der Waals surface area (Å²) in [6, 6.07) is 10.7. The van der Waals surface area contributed by atoms with Crippen molar-refractivity contribution in [2.45, 2.75) is 26.5 Å². The minimum atomic E-state index is -0.249. The van der Waals surface area contributed by atoms with Crippen LogP contribution in [0.5, 0.6) is 11.5 Å². The molecule has 0 aliphatic heterocycles. The summed E-state index contributed by atoms with van der Waals surface area (Å²) in [7, 11) is 1.57. The van der Waals surface area contributed by atoms with Crippen LogP contribution in [0.1, 0.15) is 29.9 Å². The number of carbonyl (C=O) groups excluding carboxylic acids is 2. The molecule has 0 bridgehead atoms. The summed E-state index contributed by atoms with van der Waals surface area (Å²) in [5.41, 5.74) is 1.87. The number of nitrogens with one attached hydrogen (secondary N) is 2. The molecule has 0 spiro atoms. The second-order valence-corrected chi connectivity index (χ2v) is 8.19. The van der Waals surface area contributed by atoms with Crippen molar-refractivity contribution in [3.05, 3.63) is 65.7 Å². The molecule has 3 aromatic rings. The summed E-state index contributed by atoms with van der Waals surface area (Å²) >= 11 is 1.22. The molecule has 0 saturated heterocycles. The molecule has 0 saturated carbocycles. The van der Waals surface area contributed by atoms with Gasteiger partial charge in [-0.3, -0.25) is 14.6 Å². The van der Waals surface area contributed by atoms with Crippen LogP contribution >= 0.6 is 11.8 Å². The van der Waals surface area contributed by atoms with Crippen molar-refractivity contribution in [1.82, 2.24) is 15.5 Å². The molecule has 9 nitrogen and oxygen atoms in total. The van der Waals surface area contributed by atoms with E-state index in [0.29, 0.717) is 29.7 Å². The van der Waals surface area contributed by atoms with Crippen molar-refractivity contribution in [3.63, 3.8) is 0 Å². The summed E-state index contributed by atoms with van der Waals surface area (Å²) in [5.74, 6) is 2.02. The van der Waals surface area contributed by atoms with Gasteiger partial charge in [0, 0.05) is 18.5 Å². The Bertz CT molecular complexity index is 1070. The third-order valence-corrected chi connectivity index (χ3v) is 5.50. The minimum Gasteiger partial charge on any atom is -0.493 e. The van der Waals surface area contributed by atoms with Crippen molar-refractivity contribution >= 4 is 29.4 Å². The van der Waals surface area contributed by atoms with E-state index in [2.05, 4.69) is 20.8 Å². The zero-order chi connectivity index (χ0) is 23.6. The molecule has 1 aromatic carbocycles. The third-order valence-electron chi connectivity index (χ3n) is 4.57. The van der Waals surface area contributed by atoms with Crippen molar-refractivity contribution in [2.75, 3.05) is 23.9 Å². The second kappa shape index (κ2) is 11.9. The van der Waals surface area contributed by atoms with E-state index in [1.54, 1.807) is 32.5 Å². The molecule has 3 rings (SSSR count). The van der Waals surface area contributed by atoms with Crippen LogP contribution in [-0.2, 0) is 16.2 Å². The molecular weight excluding hydrogens is 444 g/mol. The average molecular weight is 471 g/mol. The molecule has 33 heavy (non-hydrogen) atoms. The van der Waals surface area contributed by atoms with Gasteiger partial charge < -0.3 is 24.6 Å². The summed E-state index contributed by atoms with van der Waals surface area (Å²) in [5, 5.41) is 9.25. The number of anilines is 1. The number of thioether (sulfide) groups is 1. The number of hydrogen-bond donors (Lipinski definition) is 2. The van der Waals surface area contributed by atoms with Gasteiger partial charge in [-0.25, -0.2) is 0 Å². The van der Waals surface area contributed by atoms with Crippen molar-refractivity contribution in [3.8, 4) is 11.5 Å². The van der Waals surface area contributed by atoms with Gasteiger partial charge in [0.25, 0.3) is 0 Å². The van der Waals surface area contributed by atoms with E-state index in [4.69, 9.17) is 14.0 Å². The van der Waals surface area contributed by atoms with Gasteiger partial charge in [-0.15, -0.1) is 11.8 Å². The normalized spacial score (nSPS) is 11.5. The number of aromatic nitrogens is 2. The van der Waals surface area contributed by atoms with E-state index in [-0.39, 0.29) is 29.4 Å². The number of methoxy groups -OCH3 is 1. The van der Waals surface area contributed by atoms with Crippen LogP contribution in [0, 0.1) is 6.92 Å². The van der Waals surface area contributed by atoms with Gasteiger partial charge >= 0.3 is 0 Å². The molecular formula is C23H26N4O5S. The highest BCUT2D eigenvalue weighted by Gasteiger charge is 2.14. The molecule has 0 aliphatic rings. The standard InChI is InChI=1S/C23H26N4O5S/c1-15-10-21(27-32-15)26-23(29)14-33-13-22(28)25-16(2)18-4-5-19(20(11-18)30-3)31-12-17-6-8-24-9-7-17/h4-11,16H,12-14H2,1-3H3,(H,25,28)(H,26,27,29). The van der Waals surface area contributed by atoms with Gasteiger partial charge in [-0.05, 0) is 49.2 Å². The first kappa shape index (κ1) is 24.1. The summed E-state index contributed by atoms with van der Waals surface area (Å²) in [4.78, 5) is 28.2. The molecule has 2 heterocycles. The Morgan fingerprint density at radius 2 is 1.85 bits per heavy atom. The number of pyridine rings is 1. The highest BCUT2D eigenvalue weighted by Crippen LogP contribution is 2.31. The Kier molecular flexibility index (Phi) is 8.71. The summed E-state index contributed by atoms with van der Waals surface area (Å²) < 4.78 is 16.2. The van der Waals surface area contributed by atoms with E-state index in [1.165, 1.54) is 11.8 Å². The molecule has 1 unspecified atom stereocenters. The predicted molar refractivity (Wildman–Crippen MR) is 125 cm³/mol. The molecule has 0 aliphatic carbocycles. The zero-order valence-corrected chi connectivity index (χ0v) is 19.5. The monoisotopic (exact) mass is 470 g/mol. The molecule has 2 aromatic heterocycles. The minimum absolute atomic E-state index is 0.130. The first-order valence-corrected chi connectivity index (χ1v) is 11.4. The maximum absolute atomic E-state index is 12.3. The molecule has 2 amide bonds. The van der Waals surface area contributed by atoms with Crippen molar-refractivity contribution < 1.29 is 23.6 Å². The Morgan fingerprint density at radius 1 is 1.09 bits per heavy atom. The molecule has 0 fully saturated rings. The van der Waals surface area contributed by atoms with Crippen LogP contribution in [0.4, 0.5) is 5.82 Å². The second-order valence-electron chi connectivity index (χ2n) is 7.21. The van der Waals surface area contributed by atoms with E-state index in [9.17, 15) is 9.59 Å². The molecule has 0 radical (unpaired) electrons. The van der Waals surface area contributed by atoms with E-state index < -0.39 is 0 Å². The van der Waals surface area contributed by atoms with E-state index in [0.717, 1.165) is 11.1 Å². The lowest BCUT2D eigenvalue weighted by Gasteiger charge is -2.17. The van der Waals surface area contributed by atoms with Crippen molar-refractivity contribution in [1.29, 1.82) is 0 Å². The fraction of sp³-hybridized carbons (Fsp3) is 0.304. The zero-order valence-electron chi connectivity index (χ0n) is 18.7. The molecule has 1 atom stereocenters. The van der Waals surface area contributed by atoms with Gasteiger partial charge in [0.2, 0.25) is 11.8 Å². The quantitative estimate of drug-likeness (QED) is 0.437. The highest BCUT2D eigenvalue weighted by atomic mass is 32.2. The lowest BCUT2D eigenvalue weighted by atomic mass is 10.1. The van der Waals surface area contributed by atoms with Crippen LogP contribution in [0.15, 0.2) is 53.3 Å². The topological polar surface area (TPSA) is 116 Å². The Hall–Kier alpha value is -3.53. The first-order chi connectivity index (χ1) is 15.9. The molecule has 2 N–H and O–H groups in total. The number of nitrogens with zero attached hydrogens (tertiary/aromatic N) is 2. The number of benzene rings is 1. The van der Waals surface area contributed by atoms with Gasteiger partial charge in [-0.2, -0.15) is 0 Å². The first-order valence-electron chi connectivity index (χ1n) is 10.2. The average Bonchev–Trinajstić information content (AvgIpc) is 3.22. The Balaban J connectivity index is 1.45. The Morgan fingerprint density at radius 3 is 2.55 bits per heavy atom. The molecule has 10 heteroatoms. The van der Waals surface area contributed by atoms with Gasteiger partial charge in [-0.1, -0.05) is 11.2 Å². The van der Waals surface area contributed by atoms with Crippen LogP contribution in [0.3, 0.4) is 0 Å². The van der Waals surface area contributed by atoms with Crippen LogP contribution in [-0.4, -0.2) is 40.6 Å². The van der Waals surface area contributed by atoms with E-state index >= 15 is 0 Å². The highest BCUT2D eigenvalue weighted by molar-refractivity contribution is 8.00. The SMILES string of the molecule is COc1cc(C(C)NC(=O)CSCC(=O)Nc2cc(C)on2)ccc1OCc1ccncc1. The largest absolute Gasteiger partial charge is 0.493 e. The smallest absolute Gasteiger partial charge is 0.235 e. The van der Waals surface area contributed by atoms with Gasteiger partial charge in [0.1, 0.15) is 12.4 Å². The number of hydrogen-bond acceptors (Lipinski definition) is 8. The van der Waals surface area contributed by atoms with Crippen LogP contribution in [0.25, 0.3) is 0 Å². The van der Waals surface area contributed by atoms with Gasteiger partial charge in [0.05, 0.1) is 24.7 Å². The number of amides is 2. The summed E-state index contributed by atoms with van der Waals surface area (Å²) in [6.45, 7) is 4.02. The fourth-order valence-corrected chi connectivity index (χ4v) is 3.55. The number of carbonyl (C=O) groups is 2. The van der Waals surface area contributed by atoms with Crippen molar-refractivity contribution in [2.24, 2.45) is 0 Å². The van der Waals surface area contributed by atoms with E-state index in [1.807, 2.05) is 37.3 Å². The van der Waals surface area contributed by atoms with Gasteiger partial charge in [0.15, 0.2) is 17.3 Å². The number of aryl methyl sites for hydroxylation is 1. The lowest BCUT2D eigenvalue weighted by Crippen LogP contribution is -2.28. The van der Waals surface area contributed by atoms with Crippen LogP contribution < -0.4 is 20.1 Å². The fourth-order valence-electron chi connectivity index (χ4n) is 2.92. The predicted octanol–water partition coefficient (Wildman–Crippen LogP) is 3.51.